The quantitative estimate of drug-likeness (QED) is 0.184. The van der Waals surface area contributed by atoms with Crippen molar-refractivity contribution in [2.75, 3.05) is 9.80 Å². The third-order valence-electron chi connectivity index (χ3n) is 9.41. The summed E-state index contributed by atoms with van der Waals surface area (Å²) in [5.74, 6) is 1.85. The monoisotopic (exact) mass is 655 g/mol. The smallest absolute Gasteiger partial charge is 0.164 e. The summed E-state index contributed by atoms with van der Waals surface area (Å²) in [5.41, 5.74) is 10.9. The van der Waals surface area contributed by atoms with Crippen molar-refractivity contribution < 1.29 is 4.42 Å². The maximum absolute atomic E-state index is 6.50. The van der Waals surface area contributed by atoms with E-state index in [1.54, 1.807) is 0 Å². The molecule has 7 aromatic carbocycles. The van der Waals surface area contributed by atoms with Crippen LogP contribution in [-0.4, -0.2) is 15.0 Å². The standard InChI is InChI=1S/C45H29N5O/c1-4-14-30(15-5-1)43-46-44(31-16-6-2-7-17-31)48-45(47-43)32-24-26-35-36-29-34(25-27-41(36)51-42(35)28-32)50-39-22-12-10-20-37(39)49(33-18-8-3-9-19-33)38-21-11-13-23-40(38)50/h1-29H. The SMILES string of the molecule is c1ccc(-c2nc(-c3ccccc3)nc(-c3ccc4c(c3)oc3ccc(N5c6ccccc6N(c6ccccc6)c6ccccc65)cc34)n2)cc1. The molecule has 3 heterocycles. The van der Waals surface area contributed by atoms with Crippen LogP contribution >= 0.6 is 0 Å². The highest BCUT2D eigenvalue weighted by Gasteiger charge is 2.30. The minimum atomic E-state index is 0.593. The fourth-order valence-corrected chi connectivity index (χ4v) is 7.06. The fraction of sp³-hybridized carbons (Fsp3) is 0. The van der Waals surface area contributed by atoms with Gasteiger partial charge in [-0.15, -0.1) is 0 Å². The van der Waals surface area contributed by atoms with E-state index in [1.165, 1.54) is 0 Å². The van der Waals surface area contributed by atoms with Crippen LogP contribution in [0.5, 0.6) is 0 Å². The van der Waals surface area contributed by atoms with Gasteiger partial charge < -0.3 is 14.2 Å². The largest absolute Gasteiger partial charge is 0.456 e. The first-order valence-electron chi connectivity index (χ1n) is 17.0. The van der Waals surface area contributed by atoms with E-state index >= 15 is 0 Å². The highest BCUT2D eigenvalue weighted by molar-refractivity contribution is 6.09. The summed E-state index contributed by atoms with van der Waals surface area (Å²) in [4.78, 5) is 19.4. The minimum Gasteiger partial charge on any atom is -0.456 e. The number of rotatable bonds is 5. The number of furan rings is 1. The number of aromatic nitrogens is 3. The molecule has 9 aromatic rings. The maximum Gasteiger partial charge on any atom is 0.164 e. The number of hydrogen-bond donors (Lipinski definition) is 0. The summed E-state index contributed by atoms with van der Waals surface area (Å²) in [6.45, 7) is 0. The Morgan fingerprint density at radius 1 is 0.333 bits per heavy atom. The molecular weight excluding hydrogens is 627 g/mol. The Morgan fingerprint density at radius 3 is 1.35 bits per heavy atom. The van der Waals surface area contributed by atoms with Crippen molar-refractivity contribution in [2.24, 2.45) is 0 Å². The van der Waals surface area contributed by atoms with Crippen LogP contribution in [0.15, 0.2) is 180 Å². The van der Waals surface area contributed by atoms with Crippen molar-refractivity contribution in [3.63, 3.8) is 0 Å². The number of hydrogen-bond acceptors (Lipinski definition) is 6. The average Bonchev–Trinajstić information content (AvgIpc) is 3.58. The molecule has 0 aliphatic carbocycles. The van der Waals surface area contributed by atoms with E-state index in [4.69, 9.17) is 19.4 Å². The summed E-state index contributed by atoms with van der Waals surface area (Å²) in [5, 5.41) is 2.07. The van der Waals surface area contributed by atoms with Gasteiger partial charge in [-0.05, 0) is 66.7 Å². The number of anilines is 6. The molecule has 1 aliphatic rings. The Kier molecular flexibility index (Phi) is 6.70. The second-order valence-corrected chi connectivity index (χ2v) is 12.5. The van der Waals surface area contributed by atoms with E-state index in [2.05, 4.69) is 119 Å². The van der Waals surface area contributed by atoms with Crippen molar-refractivity contribution in [3.05, 3.63) is 176 Å². The molecule has 0 amide bonds. The van der Waals surface area contributed by atoms with Gasteiger partial charge >= 0.3 is 0 Å². The summed E-state index contributed by atoms with van der Waals surface area (Å²) in [7, 11) is 0. The third kappa shape index (κ3) is 4.92. The van der Waals surface area contributed by atoms with Gasteiger partial charge in [0.25, 0.3) is 0 Å². The fourth-order valence-electron chi connectivity index (χ4n) is 7.06. The molecule has 2 aromatic heterocycles. The molecule has 0 saturated heterocycles. The van der Waals surface area contributed by atoms with Crippen LogP contribution in [0, 0.1) is 0 Å². The lowest BCUT2D eigenvalue weighted by Gasteiger charge is -2.40. The number of benzene rings is 7. The Labute approximate surface area is 294 Å². The molecule has 0 atom stereocenters. The molecule has 0 saturated carbocycles. The van der Waals surface area contributed by atoms with Gasteiger partial charge in [-0.2, -0.15) is 0 Å². The normalized spacial score (nSPS) is 12.2. The van der Waals surface area contributed by atoms with E-state index in [-0.39, 0.29) is 0 Å². The zero-order chi connectivity index (χ0) is 33.7. The highest BCUT2D eigenvalue weighted by atomic mass is 16.3. The lowest BCUT2D eigenvalue weighted by atomic mass is 10.0. The second-order valence-electron chi connectivity index (χ2n) is 12.5. The van der Waals surface area contributed by atoms with Crippen molar-refractivity contribution in [1.82, 2.24) is 15.0 Å². The van der Waals surface area contributed by atoms with Crippen molar-refractivity contribution >= 4 is 56.1 Å². The Morgan fingerprint density at radius 2 is 0.804 bits per heavy atom. The number of para-hydroxylation sites is 5. The molecule has 0 bridgehead atoms. The van der Waals surface area contributed by atoms with Crippen molar-refractivity contribution in [2.45, 2.75) is 0 Å². The molecule has 240 valence electrons. The molecule has 0 radical (unpaired) electrons. The van der Waals surface area contributed by atoms with Gasteiger partial charge in [0.05, 0.1) is 22.7 Å². The molecule has 6 nitrogen and oxygen atoms in total. The lowest BCUT2D eigenvalue weighted by molar-refractivity contribution is 0.669. The van der Waals surface area contributed by atoms with Crippen LogP contribution in [0.2, 0.25) is 0 Å². The molecule has 1 aliphatic heterocycles. The Balaban J connectivity index is 1.09. The second kappa shape index (κ2) is 11.8. The van der Waals surface area contributed by atoms with E-state index < -0.39 is 0 Å². The topological polar surface area (TPSA) is 58.3 Å². The van der Waals surface area contributed by atoms with Crippen LogP contribution in [0.25, 0.3) is 56.1 Å². The van der Waals surface area contributed by atoms with Crippen LogP contribution in [0.4, 0.5) is 34.1 Å². The highest BCUT2D eigenvalue weighted by Crippen LogP contribution is 2.54. The van der Waals surface area contributed by atoms with Crippen LogP contribution in [-0.2, 0) is 0 Å². The van der Waals surface area contributed by atoms with Gasteiger partial charge in [0, 0.05) is 38.8 Å². The molecule has 51 heavy (non-hydrogen) atoms. The number of fused-ring (bicyclic) bond motifs is 5. The summed E-state index contributed by atoms with van der Waals surface area (Å²) in [6.07, 6.45) is 0. The van der Waals surface area contributed by atoms with Gasteiger partial charge in [0.1, 0.15) is 11.2 Å². The van der Waals surface area contributed by atoms with Gasteiger partial charge in [0.2, 0.25) is 0 Å². The van der Waals surface area contributed by atoms with Crippen LogP contribution in [0.1, 0.15) is 0 Å². The zero-order valence-corrected chi connectivity index (χ0v) is 27.4. The summed E-state index contributed by atoms with van der Waals surface area (Å²) in [6, 6.07) is 60.4. The zero-order valence-electron chi connectivity index (χ0n) is 27.4. The molecule has 0 unspecified atom stereocenters. The lowest BCUT2D eigenvalue weighted by Crippen LogP contribution is -2.23. The van der Waals surface area contributed by atoms with Gasteiger partial charge in [-0.25, -0.2) is 15.0 Å². The molecule has 0 fully saturated rings. The van der Waals surface area contributed by atoms with Crippen molar-refractivity contribution in [3.8, 4) is 34.2 Å². The first kappa shape index (κ1) is 28.9. The first-order chi connectivity index (χ1) is 25.3. The van der Waals surface area contributed by atoms with Gasteiger partial charge in [0.15, 0.2) is 17.5 Å². The van der Waals surface area contributed by atoms with Gasteiger partial charge in [-0.1, -0.05) is 109 Å². The van der Waals surface area contributed by atoms with Crippen LogP contribution < -0.4 is 9.80 Å². The van der Waals surface area contributed by atoms with E-state index in [9.17, 15) is 0 Å². The van der Waals surface area contributed by atoms with E-state index in [1.807, 2.05) is 66.7 Å². The Bertz CT molecular complexity index is 2600. The average molecular weight is 656 g/mol. The molecule has 10 rings (SSSR count). The first-order valence-corrected chi connectivity index (χ1v) is 17.0. The van der Waals surface area contributed by atoms with Gasteiger partial charge in [-0.3, -0.25) is 0 Å². The predicted molar refractivity (Wildman–Crippen MR) is 206 cm³/mol. The number of nitrogens with zero attached hydrogens (tertiary/aromatic N) is 5. The van der Waals surface area contributed by atoms with E-state index in [0.29, 0.717) is 17.5 Å². The van der Waals surface area contributed by atoms with E-state index in [0.717, 1.165) is 72.8 Å². The maximum atomic E-state index is 6.50. The van der Waals surface area contributed by atoms with Crippen LogP contribution in [0.3, 0.4) is 0 Å². The molecule has 0 N–H and O–H groups in total. The molecule has 6 heteroatoms. The molecular formula is C45H29N5O. The third-order valence-corrected chi connectivity index (χ3v) is 9.41. The molecule has 0 spiro atoms. The predicted octanol–water partition coefficient (Wildman–Crippen LogP) is 12.0. The summed E-state index contributed by atoms with van der Waals surface area (Å²) >= 11 is 0. The van der Waals surface area contributed by atoms with Crippen molar-refractivity contribution in [1.29, 1.82) is 0 Å². The summed E-state index contributed by atoms with van der Waals surface area (Å²) < 4.78 is 6.50. The Hall–Kier alpha value is -7.05. The minimum absolute atomic E-state index is 0.593.